The van der Waals surface area contributed by atoms with Crippen molar-refractivity contribution in [3.8, 4) is 0 Å². The molecule has 0 radical (unpaired) electrons. The predicted molar refractivity (Wildman–Crippen MR) is 127 cm³/mol. The number of piperazine rings is 1. The maximum atomic E-state index is 14.1. The Bertz CT molecular complexity index is 1220. The standard InChI is InChI=1S/C24H28F4N6O2/c1-24(2,36)21(35)18-10-17-19(11-29-18)31-22(30-12-20(27)28)23(32-17)34-7-5-33(6-8-34)13-14-3-4-15(25)9-16(14)26/h3-4,9-11,20-21,35-36H,5-8,12-13H2,1-2H3,(H,30,31). The zero-order chi connectivity index (χ0) is 26.0. The molecule has 0 aliphatic carbocycles. The number of alkyl halides is 2. The molecule has 1 aliphatic rings. The molecule has 0 saturated carbocycles. The second-order valence-corrected chi connectivity index (χ2v) is 9.32. The van der Waals surface area contributed by atoms with E-state index in [0.29, 0.717) is 55.1 Å². The predicted octanol–water partition coefficient (Wildman–Crippen LogP) is 3.11. The van der Waals surface area contributed by atoms with Gasteiger partial charge in [-0.15, -0.1) is 0 Å². The summed E-state index contributed by atoms with van der Waals surface area (Å²) in [5, 5.41) is 23.2. The Morgan fingerprint density at radius 3 is 2.42 bits per heavy atom. The van der Waals surface area contributed by atoms with Crippen LogP contribution in [-0.2, 0) is 6.54 Å². The molecule has 1 saturated heterocycles. The molecular formula is C24H28F4N6O2. The number of pyridine rings is 1. The summed E-state index contributed by atoms with van der Waals surface area (Å²) in [5.74, 6) is -0.689. The monoisotopic (exact) mass is 508 g/mol. The average Bonchev–Trinajstić information content (AvgIpc) is 2.83. The van der Waals surface area contributed by atoms with Crippen LogP contribution in [0.3, 0.4) is 0 Å². The van der Waals surface area contributed by atoms with E-state index in [0.717, 1.165) is 6.07 Å². The Labute approximate surface area is 205 Å². The van der Waals surface area contributed by atoms with E-state index in [9.17, 15) is 27.8 Å². The van der Waals surface area contributed by atoms with Gasteiger partial charge in [0, 0.05) is 44.4 Å². The van der Waals surface area contributed by atoms with E-state index < -0.39 is 36.3 Å². The number of aliphatic hydroxyl groups is 2. The molecule has 0 spiro atoms. The van der Waals surface area contributed by atoms with Gasteiger partial charge in [0.1, 0.15) is 23.3 Å². The number of aromatic nitrogens is 3. The zero-order valence-corrected chi connectivity index (χ0v) is 19.9. The van der Waals surface area contributed by atoms with Crippen molar-refractivity contribution < 1.29 is 27.8 Å². The molecule has 0 amide bonds. The Morgan fingerprint density at radius 2 is 1.78 bits per heavy atom. The molecule has 36 heavy (non-hydrogen) atoms. The maximum absolute atomic E-state index is 14.1. The van der Waals surface area contributed by atoms with Gasteiger partial charge in [0.2, 0.25) is 0 Å². The van der Waals surface area contributed by atoms with Crippen molar-refractivity contribution in [2.45, 2.75) is 38.5 Å². The van der Waals surface area contributed by atoms with Crippen molar-refractivity contribution >= 4 is 22.7 Å². The molecule has 0 bridgehead atoms. The van der Waals surface area contributed by atoms with Crippen molar-refractivity contribution in [2.75, 3.05) is 42.9 Å². The van der Waals surface area contributed by atoms with Gasteiger partial charge in [-0.05, 0) is 26.0 Å². The van der Waals surface area contributed by atoms with E-state index in [2.05, 4.69) is 20.3 Å². The van der Waals surface area contributed by atoms with Crippen molar-refractivity contribution in [3.63, 3.8) is 0 Å². The fraction of sp³-hybridized carbons (Fsp3) is 0.458. The molecule has 1 aromatic carbocycles. The molecule has 1 fully saturated rings. The molecule has 4 rings (SSSR count). The number of hydrogen-bond acceptors (Lipinski definition) is 8. The van der Waals surface area contributed by atoms with E-state index in [1.807, 2.05) is 9.80 Å². The van der Waals surface area contributed by atoms with Crippen LogP contribution < -0.4 is 10.2 Å². The number of rotatable bonds is 8. The van der Waals surface area contributed by atoms with Gasteiger partial charge in [0.15, 0.2) is 11.6 Å². The van der Waals surface area contributed by atoms with Crippen LogP contribution in [0.2, 0.25) is 0 Å². The van der Waals surface area contributed by atoms with Crippen LogP contribution in [0.1, 0.15) is 31.2 Å². The molecule has 1 unspecified atom stereocenters. The first-order valence-corrected chi connectivity index (χ1v) is 11.5. The maximum Gasteiger partial charge on any atom is 0.255 e. The first kappa shape index (κ1) is 26.0. The normalized spacial score (nSPS) is 16.1. The van der Waals surface area contributed by atoms with E-state index in [1.165, 1.54) is 38.2 Å². The van der Waals surface area contributed by atoms with E-state index >= 15 is 0 Å². The van der Waals surface area contributed by atoms with Gasteiger partial charge in [0.25, 0.3) is 6.43 Å². The minimum atomic E-state index is -2.60. The summed E-state index contributed by atoms with van der Waals surface area (Å²) in [6.07, 6.45) is -2.49. The van der Waals surface area contributed by atoms with Crippen molar-refractivity contribution in [3.05, 3.63) is 53.4 Å². The number of fused-ring (bicyclic) bond motifs is 1. The fourth-order valence-electron chi connectivity index (χ4n) is 4.00. The highest BCUT2D eigenvalue weighted by molar-refractivity contribution is 5.80. The Hall–Kier alpha value is -3.09. The Morgan fingerprint density at radius 1 is 1.06 bits per heavy atom. The number of anilines is 2. The second-order valence-electron chi connectivity index (χ2n) is 9.32. The van der Waals surface area contributed by atoms with Crippen molar-refractivity contribution in [2.24, 2.45) is 0 Å². The molecule has 3 heterocycles. The molecule has 12 heteroatoms. The molecule has 1 aliphatic heterocycles. The number of halogens is 4. The van der Waals surface area contributed by atoms with Gasteiger partial charge >= 0.3 is 0 Å². The topological polar surface area (TPSA) is 97.6 Å². The van der Waals surface area contributed by atoms with Crippen LogP contribution >= 0.6 is 0 Å². The third-order valence-electron chi connectivity index (χ3n) is 6.01. The highest BCUT2D eigenvalue weighted by Gasteiger charge is 2.28. The van der Waals surface area contributed by atoms with Gasteiger partial charge in [-0.1, -0.05) is 6.07 Å². The summed E-state index contributed by atoms with van der Waals surface area (Å²) in [7, 11) is 0. The lowest BCUT2D eigenvalue weighted by molar-refractivity contribution is -0.0516. The zero-order valence-electron chi connectivity index (χ0n) is 19.9. The number of aliphatic hydroxyl groups excluding tert-OH is 1. The van der Waals surface area contributed by atoms with E-state index in [1.54, 1.807) is 0 Å². The van der Waals surface area contributed by atoms with Gasteiger partial charge in [-0.2, -0.15) is 0 Å². The van der Waals surface area contributed by atoms with Crippen LogP contribution in [0.5, 0.6) is 0 Å². The van der Waals surface area contributed by atoms with Gasteiger partial charge in [-0.3, -0.25) is 9.88 Å². The number of nitrogens with one attached hydrogen (secondary N) is 1. The molecule has 1 atom stereocenters. The highest BCUT2D eigenvalue weighted by atomic mass is 19.3. The Kier molecular flexibility index (Phi) is 7.57. The summed E-state index contributed by atoms with van der Waals surface area (Å²) < 4.78 is 53.1. The first-order chi connectivity index (χ1) is 17.0. The SMILES string of the molecule is CC(C)(O)C(O)c1cc2nc(N3CCN(Cc4ccc(F)cc4F)CC3)c(NCC(F)F)nc2cn1. The summed E-state index contributed by atoms with van der Waals surface area (Å²) in [4.78, 5) is 17.1. The van der Waals surface area contributed by atoms with Crippen molar-refractivity contribution in [1.82, 2.24) is 19.9 Å². The van der Waals surface area contributed by atoms with Crippen LogP contribution in [0, 0.1) is 11.6 Å². The van der Waals surface area contributed by atoms with Crippen LogP contribution in [0.4, 0.5) is 29.2 Å². The summed E-state index contributed by atoms with van der Waals surface area (Å²) >= 11 is 0. The van der Waals surface area contributed by atoms with Crippen molar-refractivity contribution in [1.29, 1.82) is 0 Å². The second kappa shape index (κ2) is 10.5. The molecule has 3 aromatic rings. The molecule has 2 aromatic heterocycles. The highest BCUT2D eigenvalue weighted by Crippen LogP contribution is 2.29. The number of hydrogen-bond donors (Lipinski definition) is 3. The fourth-order valence-corrected chi connectivity index (χ4v) is 4.00. The number of benzene rings is 1. The third-order valence-corrected chi connectivity index (χ3v) is 6.01. The lowest BCUT2D eigenvalue weighted by atomic mass is 9.98. The van der Waals surface area contributed by atoms with E-state index in [-0.39, 0.29) is 11.5 Å². The van der Waals surface area contributed by atoms with Crippen LogP contribution in [0.25, 0.3) is 11.0 Å². The molecule has 8 nitrogen and oxygen atoms in total. The lowest BCUT2D eigenvalue weighted by Crippen LogP contribution is -2.46. The summed E-state index contributed by atoms with van der Waals surface area (Å²) in [6, 6.07) is 5.01. The summed E-state index contributed by atoms with van der Waals surface area (Å²) in [5.41, 5.74) is -0.116. The molecular weight excluding hydrogens is 480 g/mol. The van der Waals surface area contributed by atoms with Gasteiger partial charge in [-0.25, -0.2) is 27.5 Å². The largest absolute Gasteiger partial charge is 0.387 e. The van der Waals surface area contributed by atoms with Crippen LogP contribution in [0.15, 0.2) is 30.5 Å². The molecule has 194 valence electrons. The minimum Gasteiger partial charge on any atom is -0.387 e. The van der Waals surface area contributed by atoms with Gasteiger partial charge < -0.3 is 20.4 Å². The first-order valence-electron chi connectivity index (χ1n) is 11.5. The van der Waals surface area contributed by atoms with Gasteiger partial charge in [0.05, 0.1) is 29.6 Å². The number of nitrogens with zero attached hydrogens (tertiary/aromatic N) is 5. The lowest BCUT2D eigenvalue weighted by Gasteiger charge is -2.36. The minimum absolute atomic E-state index is 0.179. The average molecular weight is 509 g/mol. The van der Waals surface area contributed by atoms with Crippen LogP contribution in [-0.4, -0.2) is 74.8 Å². The Balaban J connectivity index is 1.57. The van der Waals surface area contributed by atoms with E-state index in [4.69, 9.17) is 0 Å². The molecule has 3 N–H and O–H groups in total. The third kappa shape index (κ3) is 6.00. The smallest absolute Gasteiger partial charge is 0.255 e. The summed E-state index contributed by atoms with van der Waals surface area (Å²) in [6.45, 7) is 4.61. The quantitative estimate of drug-likeness (QED) is 0.400.